The highest BCUT2D eigenvalue weighted by Gasteiger charge is 2.14. The van der Waals surface area contributed by atoms with Gasteiger partial charge in [0.25, 0.3) is 5.91 Å². The summed E-state index contributed by atoms with van der Waals surface area (Å²) >= 11 is 0. The number of hydrogen-bond donors (Lipinski definition) is 2. The fraction of sp³-hybridized carbons (Fsp3) is 0.476. The summed E-state index contributed by atoms with van der Waals surface area (Å²) in [5.74, 6) is -0.940. The van der Waals surface area contributed by atoms with Gasteiger partial charge in [-0.15, -0.1) is 0 Å². The third kappa shape index (κ3) is 5.92. The second-order valence-electron chi connectivity index (χ2n) is 7.03. The topological polar surface area (TPSA) is 93.5 Å². The smallest absolute Gasteiger partial charge is 0.303 e. The van der Waals surface area contributed by atoms with E-state index in [9.17, 15) is 9.59 Å². The first-order chi connectivity index (χ1) is 13.3. The minimum atomic E-state index is -0.822. The largest absolute Gasteiger partial charge is 0.481 e. The fourth-order valence-corrected chi connectivity index (χ4v) is 2.97. The number of amides is 1. The monoisotopic (exact) mass is 387 g/mol. The lowest BCUT2D eigenvalue weighted by molar-refractivity contribution is -0.136. The summed E-state index contributed by atoms with van der Waals surface area (Å²) in [4.78, 5) is 23.1. The lowest BCUT2D eigenvalue weighted by Crippen LogP contribution is -2.25. The quantitative estimate of drug-likeness (QED) is 0.611. The number of carboxylic acids is 1. The van der Waals surface area contributed by atoms with Gasteiger partial charge in [0.05, 0.1) is 17.5 Å². The van der Waals surface area contributed by atoms with Gasteiger partial charge in [0.15, 0.2) is 0 Å². The molecule has 1 aromatic heterocycles. The first kappa shape index (κ1) is 21.6. The molecule has 0 saturated heterocycles. The maximum Gasteiger partial charge on any atom is 0.303 e. The molecule has 0 aliphatic carbocycles. The molecule has 0 radical (unpaired) electrons. The van der Waals surface area contributed by atoms with Gasteiger partial charge >= 0.3 is 5.97 Å². The molecular weight excluding hydrogens is 358 g/mol. The predicted molar refractivity (Wildman–Crippen MR) is 107 cm³/mol. The van der Waals surface area contributed by atoms with E-state index in [1.807, 2.05) is 39.8 Å². The Kier molecular flexibility index (Phi) is 7.75. The Labute approximate surface area is 165 Å². The van der Waals surface area contributed by atoms with Crippen LogP contribution in [0.15, 0.2) is 24.3 Å². The second kappa shape index (κ2) is 10.0. The molecule has 0 fully saturated rings. The summed E-state index contributed by atoms with van der Waals surface area (Å²) in [6.45, 7) is 8.97. The van der Waals surface area contributed by atoms with Crippen molar-refractivity contribution < 1.29 is 19.4 Å². The van der Waals surface area contributed by atoms with E-state index in [1.165, 1.54) is 0 Å². The molecule has 0 aliphatic heterocycles. The van der Waals surface area contributed by atoms with Gasteiger partial charge < -0.3 is 15.2 Å². The van der Waals surface area contributed by atoms with E-state index in [-0.39, 0.29) is 18.4 Å². The Bertz CT molecular complexity index is 810. The number of nitrogens with zero attached hydrogens (tertiary/aromatic N) is 2. The Morgan fingerprint density at radius 1 is 1.21 bits per heavy atom. The zero-order chi connectivity index (χ0) is 20.7. The van der Waals surface area contributed by atoms with Crippen LogP contribution in [-0.2, 0) is 16.0 Å². The number of benzene rings is 1. The van der Waals surface area contributed by atoms with E-state index < -0.39 is 5.97 Å². The van der Waals surface area contributed by atoms with E-state index in [0.29, 0.717) is 25.1 Å². The van der Waals surface area contributed by atoms with Crippen LogP contribution in [0.2, 0.25) is 0 Å². The molecule has 1 aromatic carbocycles. The van der Waals surface area contributed by atoms with Gasteiger partial charge in [-0.3, -0.25) is 9.59 Å². The summed E-state index contributed by atoms with van der Waals surface area (Å²) < 4.78 is 7.24. The predicted octanol–water partition coefficient (Wildman–Crippen LogP) is 3.05. The first-order valence-corrected chi connectivity index (χ1v) is 9.56. The number of ether oxygens (including phenoxy) is 1. The molecule has 7 heteroatoms. The van der Waals surface area contributed by atoms with Crippen molar-refractivity contribution in [2.45, 2.75) is 53.1 Å². The van der Waals surface area contributed by atoms with Gasteiger partial charge in [-0.2, -0.15) is 5.10 Å². The lowest BCUT2D eigenvalue weighted by Gasteiger charge is -2.09. The molecule has 0 saturated carbocycles. The highest BCUT2D eigenvalue weighted by atomic mass is 16.5. The van der Waals surface area contributed by atoms with E-state index >= 15 is 0 Å². The number of carboxylic acid groups (broad SMARTS) is 1. The number of carbonyl (C=O) groups excluding carboxylic acids is 1. The van der Waals surface area contributed by atoms with E-state index in [1.54, 1.807) is 16.8 Å². The van der Waals surface area contributed by atoms with Gasteiger partial charge in [0.2, 0.25) is 0 Å². The molecule has 2 N–H and O–H groups in total. The van der Waals surface area contributed by atoms with Crippen LogP contribution in [0, 0.1) is 13.8 Å². The van der Waals surface area contributed by atoms with Crippen molar-refractivity contribution in [3.63, 3.8) is 0 Å². The Morgan fingerprint density at radius 3 is 2.50 bits per heavy atom. The van der Waals surface area contributed by atoms with Crippen LogP contribution < -0.4 is 5.32 Å². The van der Waals surface area contributed by atoms with Gasteiger partial charge in [-0.1, -0.05) is 0 Å². The van der Waals surface area contributed by atoms with Gasteiger partial charge in [-0.05, 0) is 70.4 Å². The number of carbonyl (C=O) groups is 2. The molecule has 1 amide bonds. The molecule has 152 valence electrons. The minimum absolute atomic E-state index is 0.0781. The van der Waals surface area contributed by atoms with Crippen molar-refractivity contribution in [1.82, 2.24) is 15.1 Å². The normalized spacial score (nSPS) is 11.0. The maximum absolute atomic E-state index is 12.2. The molecule has 0 atom stereocenters. The second-order valence-corrected chi connectivity index (χ2v) is 7.03. The molecule has 0 unspecified atom stereocenters. The molecular formula is C21H29N3O4. The SMILES string of the molecule is Cc1nn(-c2ccc(C(=O)NCCCOC(C)C)cc2)c(C)c1CCC(=O)O. The van der Waals surface area contributed by atoms with Crippen molar-refractivity contribution in [2.24, 2.45) is 0 Å². The van der Waals surface area contributed by atoms with Gasteiger partial charge in [0.1, 0.15) is 0 Å². The minimum Gasteiger partial charge on any atom is -0.481 e. The number of aryl methyl sites for hydroxylation is 1. The first-order valence-electron chi connectivity index (χ1n) is 9.56. The lowest BCUT2D eigenvalue weighted by atomic mass is 10.1. The van der Waals surface area contributed by atoms with Crippen LogP contribution in [0.3, 0.4) is 0 Å². The van der Waals surface area contributed by atoms with Crippen molar-refractivity contribution in [3.8, 4) is 5.69 Å². The average molecular weight is 387 g/mol. The highest BCUT2D eigenvalue weighted by Crippen LogP contribution is 2.20. The van der Waals surface area contributed by atoms with Crippen molar-refractivity contribution in [2.75, 3.05) is 13.2 Å². The third-order valence-electron chi connectivity index (χ3n) is 4.46. The summed E-state index contributed by atoms with van der Waals surface area (Å²) in [5, 5.41) is 16.3. The number of aliphatic carboxylic acids is 1. The van der Waals surface area contributed by atoms with Crippen molar-refractivity contribution in [1.29, 1.82) is 0 Å². The standard InChI is InChI=1S/C21H29N3O4/c1-14(2)28-13-5-12-22-21(27)17-6-8-18(9-7-17)24-16(4)19(15(3)23-24)10-11-20(25)26/h6-9,14H,5,10-13H2,1-4H3,(H,22,27)(H,25,26). The molecule has 28 heavy (non-hydrogen) atoms. The maximum atomic E-state index is 12.2. The van der Waals surface area contributed by atoms with Gasteiger partial charge in [-0.25, -0.2) is 4.68 Å². The van der Waals surface area contributed by atoms with Crippen molar-refractivity contribution >= 4 is 11.9 Å². The zero-order valence-corrected chi connectivity index (χ0v) is 17.0. The molecule has 1 heterocycles. The Balaban J connectivity index is 1.99. The van der Waals surface area contributed by atoms with Crippen LogP contribution in [0.1, 0.15) is 54.0 Å². The molecule has 2 rings (SSSR count). The summed E-state index contributed by atoms with van der Waals surface area (Å²) in [7, 11) is 0. The number of nitrogens with one attached hydrogen (secondary N) is 1. The fourth-order valence-electron chi connectivity index (χ4n) is 2.97. The summed E-state index contributed by atoms with van der Waals surface area (Å²) in [6, 6.07) is 7.22. The van der Waals surface area contributed by atoms with E-state index in [2.05, 4.69) is 10.4 Å². The molecule has 0 bridgehead atoms. The van der Waals surface area contributed by atoms with E-state index in [4.69, 9.17) is 9.84 Å². The van der Waals surface area contributed by atoms with Crippen LogP contribution in [0.5, 0.6) is 0 Å². The highest BCUT2D eigenvalue weighted by molar-refractivity contribution is 5.94. The van der Waals surface area contributed by atoms with Crippen LogP contribution in [-0.4, -0.2) is 46.0 Å². The third-order valence-corrected chi connectivity index (χ3v) is 4.46. The van der Waals surface area contributed by atoms with Crippen LogP contribution >= 0.6 is 0 Å². The Morgan fingerprint density at radius 2 is 1.89 bits per heavy atom. The zero-order valence-electron chi connectivity index (χ0n) is 17.0. The molecule has 7 nitrogen and oxygen atoms in total. The van der Waals surface area contributed by atoms with Crippen LogP contribution in [0.4, 0.5) is 0 Å². The van der Waals surface area contributed by atoms with E-state index in [0.717, 1.165) is 29.1 Å². The number of rotatable bonds is 10. The molecule has 2 aromatic rings. The summed E-state index contributed by atoms with van der Waals surface area (Å²) in [5.41, 5.74) is 4.11. The Hall–Kier alpha value is -2.67. The molecule has 0 aliphatic rings. The van der Waals surface area contributed by atoms with Crippen LogP contribution in [0.25, 0.3) is 5.69 Å². The number of aromatic nitrogens is 2. The molecule has 0 spiro atoms. The number of hydrogen-bond acceptors (Lipinski definition) is 4. The van der Waals surface area contributed by atoms with Gasteiger partial charge in [0, 0.05) is 30.8 Å². The van der Waals surface area contributed by atoms with Crippen molar-refractivity contribution in [3.05, 3.63) is 46.8 Å². The average Bonchev–Trinajstić information content (AvgIpc) is 2.93. The summed E-state index contributed by atoms with van der Waals surface area (Å²) in [6.07, 6.45) is 1.50.